The monoisotopic (exact) mass is 434 g/mol. The summed E-state index contributed by atoms with van der Waals surface area (Å²) in [6, 6.07) is 9.06. The lowest BCUT2D eigenvalue weighted by Crippen LogP contribution is -2.62. The number of carbonyl (C=O) groups is 2. The fraction of sp³-hybridized carbons (Fsp3) is 0.636. The number of nitrogens with one attached hydrogen (secondary N) is 2. The van der Waals surface area contributed by atoms with E-state index in [1.165, 1.54) is 12.7 Å². The molecule has 0 radical (unpaired) electrons. The Balaban J connectivity index is 2.20. The van der Waals surface area contributed by atoms with Crippen molar-refractivity contribution < 1.29 is 28.7 Å². The second kappa shape index (κ2) is 10.0. The molecular weight excluding hydrogens is 399 g/mol. The average Bonchev–Trinajstić information content (AvgIpc) is 2.90. The Kier molecular flexibility index (Phi) is 8.13. The molecule has 2 unspecified atom stereocenters. The van der Waals surface area contributed by atoms with Crippen LogP contribution in [0.3, 0.4) is 0 Å². The molecule has 2 atom stereocenters. The zero-order chi connectivity index (χ0) is 23.3. The molecule has 1 fully saturated rings. The van der Waals surface area contributed by atoms with Crippen LogP contribution in [0.2, 0.25) is 0 Å². The third-order valence-electron chi connectivity index (χ3n) is 6.13. The van der Waals surface area contributed by atoms with Gasteiger partial charge in [-0.1, -0.05) is 30.3 Å². The van der Waals surface area contributed by atoms with Crippen molar-refractivity contribution in [3.63, 3.8) is 0 Å². The van der Waals surface area contributed by atoms with Crippen LogP contribution in [0.4, 0.5) is 4.79 Å². The smallest absolute Gasteiger partial charge is 0.465 e. The highest BCUT2D eigenvalue weighted by Crippen LogP contribution is 2.40. The van der Waals surface area contributed by atoms with Gasteiger partial charge in [0.15, 0.2) is 0 Å². The highest BCUT2D eigenvalue weighted by Gasteiger charge is 2.58. The molecule has 2 rings (SSSR count). The second-order valence-electron chi connectivity index (χ2n) is 9.29. The minimum atomic E-state index is -1.29. The van der Waals surface area contributed by atoms with E-state index in [1.807, 2.05) is 52.8 Å². The summed E-state index contributed by atoms with van der Waals surface area (Å²) in [6.07, 6.45) is 0.906. The summed E-state index contributed by atoms with van der Waals surface area (Å²) >= 11 is 0. The lowest BCUT2D eigenvalue weighted by molar-refractivity contribution is -0.125. The fourth-order valence-electron chi connectivity index (χ4n) is 3.51. The predicted octanol–water partition coefficient (Wildman–Crippen LogP) is 2.80. The first kappa shape index (κ1) is 25.2. The minimum absolute atomic E-state index is 0.0818. The van der Waals surface area contributed by atoms with Gasteiger partial charge in [-0.05, 0) is 59.4 Å². The van der Waals surface area contributed by atoms with Crippen LogP contribution < -0.4 is 10.6 Å². The summed E-state index contributed by atoms with van der Waals surface area (Å²) in [4.78, 5) is 24.1. The van der Waals surface area contributed by atoms with Crippen LogP contribution in [0.15, 0.2) is 30.3 Å². The van der Waals surface area contributed by atoms with Gasteiger partial charge >= 0.3 is 13.2 Å². The number of hydrogen-bond acceptors (Lipinski definition) is 5. The van der Waals surface area contributed by atoms with Gasteiger partial charge in [-0.15, -0.1) is 0 Å². The van der Waals surface area contributed by atoms with Gasteiger partial charge in [0.05, 0.1) is 23.2 Å². The number of ether oxygens (including phenoxy) is 1. The maximum atomic E-state index is 13.0. The van der Waals surface area contributed by atoms with Gasteiger partial charge in [0.1, 0.15) is 6.04 Å². The Morgan fingerprint density at radius 1 is 1.16 bits per heavy atom. The Morgan fingerprint density at radius 2 is 1.74 bits per heavy atom. The van der Waals surface area contributed by atoms with E-state index < -0.39 is 41.8 Å². The molecule has 0 spiro atoms. The van der Waals surface area contributed by atoms with Crippen molar-refractivity contribution in [2.45, 2.75) is 76.6 Å². The molecule has 0 aromatic heterocycles. The molecule has 1 saturated heterocycles. The molecule has 31 heavy (non-hydrogen) atoms. The highest BCUT2D eigenvalue weighted by atomic mass is 16.7. The molecule has 9 heteroatoms. The summed E-state index contributed by atoms with van der Waals surface area (Å²) in [5.74, 6) is -0.485. The van der Waals surface area contributed by atoms with Crippen molar-refractivity contribution in [1.29, 1.82) is 0 Å². The topological polar surface area (TPSA) is 106 Å². The maximum Gasteiger partial charge on any atom is 0.484 e. The van der Waals surface area contributed by atoms with E-state index in [-0.39, 0.29) is 6.61 Å². The van der Waals surface area contributed by atoms with Crippen LogP contribution in [-0.2, 0) is 25.3 Å². The maximum absolute atomic E-state index is 13.0. The quantitative estimate of drug-likeness (QED) is 0.489. The zero-order valence-corrected chi connectivity index (χ0v) is 19.4. The fourth-order valence-corrected chi connectivity index (χ4v) is 3.51. The zero-order valence-electron chi connectivity index (χ0n) is 19.4. The van der Waals surface area contributed by atoms with Crippen LogP contribution in [0.1, 0.15) is 53.0 Å². The standard InChI is InChI=1S/C22H35BN2O6/c1-20(2)21(3,4)31-23(30-20)22(5,14-10-13-16-11-8-7-9-12-16)25-18(26)17(15-29-6)24-19(27)28/h7-9,11-12,17,24H,10,13-15H2,1-6H3,(H,25,26)(H,27,28). The first-order valence-electron chi connectivity index (χ1n) is 10.6. The van der Waals surface area contributed by atoms with Gasteiger partial charge in [0.2, 0.25) is 5.91 Å². The van der Waals surface area contributed by atoms with E-state index in [9.17, 15) is 9.59 Å². The molecule has 1 aliphatic rings. The Morgan fingerprint density at radius 3 is 2.26 bits per heavy atom. The van der Waals surface area contributed by atoms with E-state index in [1.54, 1.807) is 0 Å². The lowest BCUT2D eigenvalue weighted by Gasteiger charge is -2.34. The molecule has 8 nitrogen and oxygen atoms in total. The van der Waals surface area contributed by atoms with Crippen molar-refractivity contribution in [3.05, 3.63) is 35.9 Å². The van der Waals surface area contributed by atoms with Crippen LogP contribution in [-0.4, -0.2) is 60.6 Å². The van der Waals surface area contributed by atoms with Crippen LogP contribution in [0.25, 0.3) is 0 Å². The summed E-state index contributed by atoms with van der Waals surface area (Å²) in [5, 5.41) is 14.3. The Labute approximate surface area is 185 Å². The van der Waals surface area contributed by atoms with Crippen molar-refractivity contribution in [1.82, 2.24) is 10.6 Å². The van der Waals surface area contributed by atoms with Crippen molar-refractivity contribution >= 4 is 19.1 Å². The molecule has 1 heterocycles. The number of carbonyl (C=O) groups excluding carboxylic acids is 1. The summed E-state index contributed by atoms with van der Waals surface area (Å²) in [5.41, 5.74) is -0.791. The summed E-state index contributed by atoms with van der Waals surface area (Å²) < 4.78 is 17.5. The van der Waals surface area contributed by atoms with E-state index in [4.69, 9.17) is 19.2 Å². The van der Waals surface area contributed by atoms with Gasteiger partial charge in [-0.3, -0.25) is 4.79 Å². The van der Waals surface area contributed by atoms with E-state index in [0.29, 0.717) is 6.42 Å². The number of aryl methyl sites for hydroxylation is 1. The summed E-state index contributed by atoms with van der Waals surface area (Å²) in [6.45, 7) is 9.62. The number of methoxy groups -OCH3 is 1. The van der Waals surface area contributed by atoms with E-state index in [0.717, 1.165) is 12.8 Å². The largest absolute Gasteiger partial charge is 0.484 e. The molecule has 0 bridgehead atoms. The molecule has 1 aromatic rings. The van der Waals surface area contributed by atoms with Gasteiger partial charge in [-0.2, -0.15) is 0 Å². The van der Waals surface area contributed by atoms with Crippen molar-refractivity contribution in [2.24, 2.45) is 0 Å². The lowest BCUT2D eigenvalue weighted by atomic mass is 9.62. The third kappa shape index (κ3) is 6.44. The molecule has 1 aromatic carbocycles. The molecule has 3 N–H and O–H groups in total. The van der Waals surface area contributed by atoms with Gasteiger partial charge in [-0.25, -0.2) is 4.79 Å². The normalized spacial score (nSPS) is 20.0. The number of benzene rings is 1. The predicted molar refractivity (Wildman–Crippen MR) is 119 cm³/mol. The molecule has 1 aliphatic heterocycles. The molecule has 2 amide bonds. The molecule has 0 aliphatic carbocycles. The highest BCUT2D eigenvalue weighted by molar-refractivity contribution is 6.50. The van der Waals surface area contributed by atoms with Crippen LogP contribution in [0, 0.1) is 0 Å². The van der Waals surface area contributed by atoms with Crippen LogP contribution in [0.5, 0.6) is 0 Å². The first-order chi connectivity index (χ1) is 14.4. The molecular formula is C22H35BN2O6. The molecule has 0 saturated carbocycles. The number of hydrogen-bond donors (Lipinski definition) is 3. The third-order valence-corrected chi connectivity index (χ3v) is 6.13. The van der Waals surface area contributed by atoms with Crippen LogP contribution >= 0.6 is 0 Å². The Bertz CT molecular complexity index is 742. The number of carboxylic acid groups (broad SMARTS) is 1. The summed E-state index contributed by atoms with van der Waals surface area (Å²) in [7, 11) is 0.724. The number of rotatable bonds is 10. The van der Waals surface area contributed by atoms with Crippen molar-refractivity contribution in [2.75, 3.05) is 13.7 Å². The number of amides is 2. The second-order valence-corrected chi connectivity index (χ2v) is 9.29. The van der Waals surface area contributed by atoms with E-state index >= 15 is 0 Å². The molecule has 172 valence electrons. The average molecular weight is 434 g/mol. The Hall–Kier alpha value is -2.10. The van der Waals surface area contributed by atoms with Crippen molar-refractivity contribution in [3.8, 4) is 0 Å². The SMILES string of the molecule is COCC(NC(=O)O)C(=O)NC(C)(CCCc1ccccc1)B1OC(C)(C)C(C)(C)O1. The van der Waals surface area contributed by atoms with E-state index in [2.05, 4.69) is 22.8 Å². The van der Waals surface area contributed by atoms with Gasteiger partial charge in [0, 0.05) is 7.11 Å². The minimum Gasteiger partial charge on any atom is -0.465 e. The van der Waals surface area contributed by atoms with Gasteiger partial charge < -0.3 is 29.8 Å². The first-order valence-corrected chi connectivity index (χ1v) is 10.6. The van der Waals surface area contributed by atoms with Gasteiger partial charge in [0.25, 0.3) is 0 Å².